The monoisotopic (exact) mass is 280 g/mol. The van der Waals surface area contributed by atoms with Crippen molar-refractivity contribution < 1.29 is 19.4 Å². The number of benzene rings is 1. The van der Waals surface area contributed by atoms with Crippen molar-refractivity contribution in [3.8, 4) is 5.75 Å². The van der Waals surface area contributed by atoms with Gasteiger partial charge in [-0.3, -0.25) is 4.79 Å². The van der Waals surface area contributed by atoms with E-state index in [0.717, 1.165) is 0 Å². The number of anilines is 1. The fourth-order valence-corrected chi connectivity index (χ4v) is 1.72. The second kappa shape index (κ2) is 8.04. The Kier molecular flexibility index (Phi) is 6.36. The van der Waals surface area contributed by atoms with Gasteiger partial charge in [-0.2, -0.15) is 0 Å². The van der Waals surface area contributed by atoms with Crippen molar-refractivity contribution >= 4 is 17.7 Å². The van der Waals surface area contributed by atoms with E-state index < -0.39 is 12.0 Å². The van der Waals surface area contributed by atoms with E-state index in [9.17, 15) is 9.59 Å². The van der Waals surface area contributed by atoms with Gasteiger partial charge in [0, 0.05) is 18.3 Å². The summed E-state index contributed by atoms with van der Waals surface area (Å²) in [4.78, 5) is 24.0. The number of carbonyl (C=O) groups is 2. The van der Waals surface area contributed by atoms with Crippen LogP contribution in [0.3, 0.4) is 0 Å². The highest BCUT2D eigenvalue weighted by molar-refractivity contribution is 5.91. The van der Waals surface area contributed by atoms with Crippen LogP contribution in [-0.4, -0.2) is 41.7 Å². The van der Waals surface area contributed by atoms with Crippen molar-refractivity contribution in [1.29, 1.82) is 0 Å². The third-order valence-corrected chi connectivity index (χ3v) is 2.50. The molecule has 6 heteroatoms. The number of nitrogens with zero attached hydrogens (tertiary/aromatic N) is 1. The minimum Gasteiger partial charge on any atom is -0.494 e. The Labute approximate surface area is 118 Å². The Bertz CT molecular complexity index is 462. The third kappa shape index (κ3) is 5.17. The zero-order chi connectivity index (χ0) is 15.0. The van der Waals surface area contributed by atoms with Crippen LogP contribution in [0.15, 0.2) is 24.3 Å². The summed E-state index contributed by atoms with van der Waals surface area (Å²) in [5.74, 6) is -0.373. The normalized spacial score (nSPS) is 9.90. The minimum atomic E-state index is -1.03. The lowest BCUT2D eigenvalue weighted by Gasteiger charge is -2.20. The van der Waals surface area contributed by atoms with Crippen molar-refractivity contribution in [3.63, 3.8) is 0 Å². The average Bonchev–Trinajstić information content (AvgIpc) is 2.38. The third-order valence-electron chi connectivity index (χ3n) is 2.50. The van der Waals surface area contributed by atoms with Crippen LogP contribution in [0.5, 0.6) is 5.75 Å². The summed E-state index contributed by atoms with van der Waals surface area (Å²) in [6, 6.07) is 6.56. The number of nitrogens with one attached hydrogen (secondary N) is 1. The highest BCUT2D eigenvalue weighted by Crippen LogP contribution is 2.17. The standard InChI is InChI=1S/C14H20N2O4/c1-3-8-16(10-13(17)18)14(19)15-11-6-5-7-12(9-11)20-4-2/h5-7,9H,3-4,8,10H2,1-2H3,(H,15,19)(H,17,18). The summed E-state index contributed by atoms with van der Waals surface area (Å²) in [7, 11) is 0. The second-order valence-corrected chi connectivity index (χ2v) is 4.21. The van der Waals surface area contributed by atoms with E-state index in [0.29, 0.717) is 31.0 Å². The molecular formula is C14H20N2O4. The predicted octanol–water partition coefficient (Wildman–Crippen LogP) is 2.41. The summed E-state index contributed by atoms with van der Waals surface area (Å²) in [5, 5.41) is 11.5. The van der Waals surface area contributed by atoms with Gasteiger partial charge in [0.15, 0.2) is 0 Å². The van der Waals surface area contributed by atoms with Gasteiger partial charge < -0.3 is 20.1 Å². The Morgan fingerprint density at radius 2 is 2.10 bits per heavy atom. The van der Waals surface area contributed by atoms with Gasteiger partial charge in [0.05, 0.1) is 6.61 Å². The highest BCUT2D eigenvalue weighted by atomic mass is 16.5. The Morgan fingerprint density at radius 1 is 1.35 bits per heavy atom. The van der Waals surface area contributed by atoms with E-state index in [-0.39, 0.29) is 6.54 Å². The number of amides is 2. The molecule has 0 aliphatic rings. The molecule has 0 fully saturated rings. The molecule has 0 radical (unpaired) electrons. The first kappa shape index (κ1) is 15.8. The van der Waals surface area contributed by atoms with Gasteiger partial charge in [0.2, 0.25) is 0 Å². The van der Waals surface area contributed by atoms with Crippen molar-refractivity contribution in [2.24, 2.45) is 0 Å². The van der Waals surface area contributed by atoms with Crippen LogP contribution in [0, 0.1) is 0 Å². The topological polar surface area (TPSA) is 78.9 Å². The van der Waals surface area contributed by atoms with E-state index in [2.05, 4.69) is 5.32 Å². The van der Waals surface area contributed by atoms with Gasteiger partial charge in [-0.25, -0.2) is 4.79 Å². The van der Waals surface area contributed by atoms with Crippen molar-refractivity contribution in [2.45, 2.75) is 20.3 Å². The number of carbonyl (C=O) groups excluding carboxylic acids is 1. The summed E-state index contributed by atoms with van der Waals surface area (Å²) >= 11 is 0. The molecule has 0 aromatic heterocycles. The number of carboxylic acids is 1. The van der Waals surface area contributed by atoms with E-state index in [1.165, 1.54) is 4.90 Å². The zero-order valence-electron chi connectivity index (χ0n) is 11.8. The average molecular weight is 280 g/mol. The van der Waals surface area contributed by atoms with Gasteiger partial charge in [0.25, 0.3) is 0 Å². The lowest BCUT2D eigenvalue weighted by Crippen LogP contribution is -2.39. The molecular weight excluding hydrogens is 260 g/mol. The van der Waals surface area contributed by atoms with Crippen molar-refractivity contribution in [2.75, 3.05) is 25.0 Å². The molecule has 2 N–H and O–H groups in total. The van der Waals surface area contributed by atoms with E-state index in [1.54, 1.807) is 24.3 Å². The molecule has 0 spiro atoms. The van der Waals surface area contributed by atoms with Crippen LogP contribution in [0.2, 0.25) is 0 Å². The Morgan fingerprint density at radius 3 is 2.70 bits per heavy atom. The molecule has 0 aliphatic heterocycles. The summed E-state index contributed by atoms with van der Waals surface area (Å²) in [6.45, 7) is 4.38. The fraction of sp³-hybridized carbons (Fsp3) is 0.429. The molecule has 0 saturated carbocycles. The zero-order valence-corrected chi connectivity index (χ0v) is 11.8. The molecule has 20 heavy (non-hydrogen) atoms. The molecule has 1 aromatic rings. The molecule has 110 valence electrons. The van der Waals surface area contributed by atoms with Crippen LogP contribution >= 0.6 is 0 Å². The first-order valence-corrected chi connectivity index (χ1v) is 6.57. The number of hydrogen-bond donors (Lipinski definition) is 2. The van der Waals surface area contributed by atoms with Gasteiger partial charge in [-0.1, -0.05) is 13.0 Å². The van der Waals surface area contributed by atoms with Crippen LogP contribution < -0.4 is 10.1 Å². The lowest BCUT2D eigenvalue weighted by atomic mass is 10.3. The molecule has 1 rings (SSSR count). The number of aliphatic carboxylic acids is 1. The predicted molar refractivity (Wildman–Crippen MR) is 76.1 cm³/mol. The quantitative estimate of drug-likeness (QED) is 0.804. The van der Waals surface area contributed by atoms with E-state index >= 15 is 0 Å². The molecule has 0 heterocycles. The van der Waals surface area contributed by atoms with E-state index in [4.69, 9.17) is 9.84 Å². The number of ether oxygens (including phenoxy) is 1. The van der Waals surface area contributed by atoms with E-state index in [1.807, 2.05) is 13.8 Å². The first-order valence-electron chi connectivity index (χ1n) is 6.57. The number of rotatable bonds is 7. The summed E-state index contributed by atoms with van der Waals surface area (Å²) in [5.41, 5.74) is 0.576. The van der Waals surface area contributed by atoms with Gasteiger partial charge in [-0.05, 0) is 25.5 Å². The maximum atomic E-state index is 12.0. The van der Waals surface area contributed by atoms with Gasteiger partial charge >= 0.3 is 12.0 Å². The number of carboxylic acid groups (broad SMARTS) is 1. The first-order chi connectivity index (χ1) is 9.56. The SMILES string of the molecule is CCCN(CC(=O)O)C(=O)Nc1cccc(OCC)c1. The Balaban J connectivity index is 2.71. The van der Waals surface area contributed by atoms with Crippen molar-refractivity contribution in [3.05, 3.63) is 24.3 Å². The second-order valence-electron chi connectivity index (χ2n) is 4.21. The minimum absolute atomic E-state index is 0.315. The molecule has 0 atom stereocenters. The molecule has 2 amide bonds. The van der Waals surface area contributed by atoms with Crippen LogP contribution in [0.25, 0.3) is 0 Å². The van der Waals surface area contributed by atoms with Crippen molar-refractivity contribution in [1.82, 2.24) is 4.90 Å². The molecule has 0 aliphatic carbocycles. The molecule has 0 unspecified atom stereocenters. The Hall–Kier alpha value is -2.24. The van der Waals surface area contributed by atoms with Gasteiger partial charge in [0.1, 0.15) is 12.3 Å². The van der Waals surface area contributed by atoms with Crippen LogP contribution in [0.4, 0.5) is 10.5 Å². The summed E-state index contributed by atoms with van der Waals surface area (Å²) < 4.78 is 5.34. The molecule has 6 nitrogen and oxygen atoms in total. The number of hydrogen-bond acceptors (Lipinski definition) is 3. The van der Waals surface area contributed by atoms with Crippen LogP contribution in [0.1, 0.15) is 20.3 Å². The van der Waals surface area contributed by atoms with Gasteiger partial charge in [-0.15, -0.1) is 0 Å². The fourth-order valence-electron chi connectivity index (χ4n) is 1.72. The number of urea groups is 1. The maximum absolute atomic E-state index is 12.0. The molecule has 0 bridgehead atoms. The molecule has 0 saturated heterocycles. The largest absolute Gasteiger partial charge is 0.494 e. The highest BCUT2D eigenvalue weighted by Gasteiger charge is 2.15. The molecule has 1 aromatic carbocycles. The van der Waals surface area contributed by atoms with Crippen LogP contribution in [-0.2, 0) is 4.79 Å². The smallest absolute Gasteiger partial charge is 0.323 e. The maximum Gasteiger partial charge on any atom is 0.323 e. The summed E-state index contributed by atoms with van der Waals surface area (Å²) in [6.07, 6.45) is 0.694. The lowest BCUT2D eigenvalue weighted by molar-refractivity contribution is -0.137.